The number of hydrogen-bond donors (Lipinski definition) is 0. The first-order valence-electron chi connectivity index (χ1n) is 5.55. The molecule has 1 rings (SSSR count). The lowest BCUT2D eigenvalue weighted by molar-refractivity contribution is -0.135. The molecule has 1 heterocycles. The second kappa shape index (κ2) is 6.03. The molecule has 0 aliphatic rings. The predicted octanol–water partition coefficient (Wildman–Crippen LogP) is 2.15. The summed E-state index contributed by atoms with van der Waals surface area (Å²) in [6, 6.07) is 0. The molecule has 0 aliphatic carbocycles. The lowest BCUT2D eigenvalue weighted by atomic mass is 10.1. The van der Waals surface area contributed by atoms with Crippen LogP contribution in [0.5, 0.6) is 0 Å². The Hall–Kier alpha value is -0.840. The Morgan fingerprint density at radius 1 is 1.56 bits per heavy atom. The number of rotatable bonds is 5. The van der Waals surface area contributed by atoms with Gasteiger partial charge in [0.2, 0.25) is 5.91 Å². The Morgan fingerprint density at radius 3 is 2.62 bits per heavy atom. The van der Waals surface area contributed by atoms with Crippen molar-refractivity contribution in [1.29, 1.82) is 0 Å². The van der Waals surface area contributed by atoms with Crippen LogP contribution in [0.1, 0.15) is 20.8 Å². The highest BCUT2D eigenvalue weighted by molar-refractivity contribution is 9.10. The summed E-state index contributed by atoms with van der Waals surface area (Å²) >= 11 is 3.34. The van der Waals surface area contributed by atoms with Gasteiger partial charge < -0.3 is 4.90 Å². The number of halogens is 1. The van der Waals surface area contributed by atoms with Gasteiger partial charge in [0, 0.05) is 19.3 Å². The minimum Gasteiger partial charge on any atom is -0.343 e. The van der Waals surface area contributed by atoms with Crippen molar-refractivity contribution >= 4 is 21.8 Å². The second-order valence-electron chi connectivity index (χ2n) is 3.79. The van der Waals surface area contributed by atoms with Crippen LogP contribution in [0.25, 0.3) is 0 Å². The SMILES string of the molecule is CCN(CC)C(=O)[C@H](C)Cn1cc(Br)cn1. The smallest absolute Gasteiger partial charge is 0.227 e. The van der Waals surface area contributed by atoms with Crippen molar-refractivity contribution in [2.45, 2.75) is 27.3 Å². The normalized spacial score (nSPS) is 12.5. The van der Waals surface area contributed by atoms with Gasteiger partial charge in [0.25, 0.3) is 0 Å². The molecule has 1 amide bonds. The fourth-order valence-corrected chi connectivity index (χ4v) is 1.97. The van der Waals surface area contributed by atoms with E-state index in [1.54, 1.807) is 10.9 Å². The molecule has 1 aromatic heterocycles. The number of carbonyl (C=O) groups is 1. The van der Waals surface area contributed by atoms with Gasteiger partial charge in [0.1, 0.15) is 0 Å². The molecule has 0 N–H and O–H groups in total. The Labute approximate surface area is 105 Å². The quantitative estimate of drug-likeness (QED) is 0.832. The molecule has 16 heavy (non-hydrogen) atoms. The van der Waals surface area contributed by atoms with E-state index in [9.17, 15) is 4.79 Å². The first kappa shape index (κ1) is 13.2. The molecule has 90 valence electrons. The highest BCUT2D eigenvalue weighted by atomic mass is 79.9. The Morgan fingerprint density at radius 2 is 2.19 bits per heavy atom. The van der Waals surface area contributed by atoms with Gasteiger partial charge in [-0.3, -0.25) is 9.48 Å². The van der Waals surface area contributed by atoms with Crippen LogP contribution < -0.4 is 0 Å². The van der Waals surface area contributed by atoms with Gasteiger partial charge in [-0.1, -0.05) is 6.92 Å². The van der Waals surface area contributed by atoms with Gasteiger partial charge >= 0.3 is 0 Å². The van der Waals surface area contributed by atoms with E-state index >= 15 is 0 Å². The number of amides is 1. The predicted molar refractivity (Wildman–Crippen MR) is 67.0 cm³/mol. The van der Waals surface area contributed by atoms with Crippen LogP contribution >= 0.6 is 15.9 Å². The van der Waals surface area contributed by atoms with Crippen molar-refractivity contribution in [3.63, 3.8) is 0 Å². The number of carbonyl (C=O) groups excluding carboxylic acids is 1. The zero-order valence-electron chi connectivity index (χ0n) is 9.98. The summed E-state index contributed by atoms with van der Waals surface area (Å²) < 4.78 is 2.73. The molecule has 1 atom stereocenters. The summed E-state index contributed by atoms with van der Waals surface area (Å²) in [5.74, 6) is 0.156. The van der Waals surface area contributed by atoms with Crippen molar-refractivity contribution < 1.29 is 4.79 Å². The second-order valence-corrected chi connectivity index (χ2v) is 4.71. The van der Waals surface area contributed by atoms with Crippen molar-refractivity contribution in [2.24, 2.45) is 5.92 Å². The first-order valence-corrected chi connectivity index (χ1v) is 6.34. The van der Waals surface area contributed by atoms with E-state index in [0.29, 0.717) is 6.54 Å². The van der Waals surface area contributed by atoms with Gasteiger partial charge in [-0.25, -0.2) is 0 Å². The molecule has 4 nitrogen and oxygen atoms in total. The Bertz CT molecular complexity index is 347. The van der Waals surface area contributed by atoms with Crippen LogP contribution in [0.15, 0.2) is 16.9 Å². The topological polar surface area (TPSA) is 38.1 Å². The number of aromatic nitrogens is 2. The lowest BCUT2D eigenvalue weighted by Crippen LogP contribution is -2.36. The maximum Gasteiger partial charge on any atom is 0.227 e. The summed E-state index contributed by atoms with van der Waals surface area (Å²) in [6.45, 7) is 8.10. The molecule has 0 saturated heterocycles. The van der Waals surface area contributed by atoms with Crippen LogP contribution in [0.2, 0.25) is 0 Å². The Balaban J connectivity index is 2.57. The third-order valence-electron chi connectivity index (χ3n) is 2.56. The Kier molecular flexibility index (Phi) is 4.99. The van der Waals surface area contributed by atoms with E-state index in [1.807, 2.05) is 31.9 Å². The van der Waals surface area contributed by atoms with Gasteiger partial charge in [0.05, 0.1) is 23.1 Å². The maximum absolute atomic E-state index is 12.0. The molecule has 0 saturated carbocycles. The van der Waals surface area contributed by atoms with Crippen LogP contribution in [0.3, 0.4) is 0 Å². The molecule has 0 aromatic carbocycles. The average Bonchev–Trinajstić information content (AvgIpc) is 2.65. The van der Waals surface area contributed by atoms with Crippen molar-refractivity contribution in [2.75, 3.05) is 13.1 Å². The molecule has 0 radical (unpaired) electrons. The maximum atomic E-state index is 12.0. The summed E-state index contributed by atoms with van der Waals surface area (Å²) in [6.07, 6.45) is 3.61. The van der Waals surface area contributed by atoms with E-state index in [4.69, 9.17) is 0 Å². The van der Waals surface area contributed by atoms with E-state index < -0.39 is 0 Å². The lowest BCUT2D eigenvalue weighted by Gasteiger charge is -2.22. The van der Waals surface area contributed by atoms with Crippen molar-refractivity contribution in [1.82, 2.24) is 14.7 Å². The largest absolute Gasteiger partial charge is 0.343 e. The van der Waals surface area contributed by atoms with Crippen LogP contribution in [0, 0.1) is 5.92 Å². The summed E-state index contributed by atoms with van der Waals surface area (Å²) in [4.78, 5) is 13.8. The highest BCUT2D eigenvalue weighted by Crippen LogP contribution is 2.10. The molecule has 0 bridgehead atoms. The number of nitrogens with zero attached hydrogens (tertiary/aromatic N) is 3. The minimum atomic E-state index is -0.0355. The zero-order chi connectivity index (χ0) is 12.1. The van der Waals surface area contributed by atoms with Crippen LogP contribution in [0.4, 0.5) is 0 Å². The molecule has 0 unspecified atom stereocenters. The van der Waals surface area contributed by atoms with Gasteiger partial charge in [-0.2, -0.15) is 5.10 Å². The summed E-state index contributed by atoms with van der Waals surface area (Å²) in [5, 5.41) is 4.15. The van der Waals surface area contributed by atoms with E-state index in [2.05, 4.69) is 21.0 Å². The van der Waals surface area contributed by atoms with E-state index in [1.165, 1.54) is 0 Å². The zero-order valence-corrected chi connectivity index (χ0v) is 11.6. The van der Waals surface area contributed by atoms with Crippen molar-refractivity contribution in [3.05, 3.63) is 16.9 Å². The highest BCUT2D eigenvalue weighted by Gasteiger charge is 2.18. The monoisotopic (exact) mass is 287 g/mol. The summed E-state index contributed by atoms with van der Waals surface area (Å²) in [5.41, 5.74) is 0. The van der Waals surface area contributed by atoms with Crippen LogP contribution in [-0.2, 0) is 11.3 Å². The third kappa shape index (κ3) is 3.33. The van der Waals surface area contributed by atoms with Gasteiger partial charge in [0.15, 0.2) is 0 Å². The standard InChI is InChI=1S/C11H18BrN3O/c1-4-14(5-2)11(16)9(3)7-15-8-10(12)6-13-15/h6,8-9H,4-5,7H2,1-3H3/t9-/m1/s1. The summed E-state index contributed by atoms with van der Waals surface area (Å²) in [7, 11) is 0. The fourth-order valence-electron chi connectivity index (χ4n) is 1.64. The van der Waals surface area contributed by atoms with E-state index in [0.717, 1.165) is 17.6 Å². The van der Waals surface area contributed by atoms with Crippen molar-refractivity contribution in [3.8, 4) is 0 Å². The van der Waals surface area contributed by atoms with Gasteiger partial charge in [-0.15, -0.1) is 0 Å². The molecule has 0 spiro atoms. The minimum absolute atomic E-state index is 0.0355. The molecular weight excluding hydrogens is 270 g/mol. The third-order valence-corrected chi connectivity index (χ3v) is 2.97. The van der Waals surface area contributed by atoms with Crippen LogP contribution in [-0.4, -0.2) is 33.7 Å². The van der Waals surface area contributed by atoms with Gasteiger partial charge in [-0.05, 0) is 29.8 Å². The molecule has 5 heteroatoms. The molecule has 0 fully saturated rings. The first-order chi connectivity index (χ1) is 7.58. The molecule has 0 aliphatic heterocycles. The molecule has 1 aromatic rings. The average molecular weight is 288 g/mol. The van der Waals surface area contributed by atoms with E-state index in [-0.39, 0.29) is 11.8 Å². The number of hydrogen-bond acceptors (Lipinski definition) is 2. The molecular formula is C11H18BrN3O. The fraction of sp³-hybridized carbons (Fsp3) is 0.636.